The zero-order chi connectivity index (χ0) is 13.2. The van der Waals surface area contributed by atoms with Crippen molar-refractivity contribution in [1.82, 2.24) is 5.32 Å². The first-order valence-electron chi connectivity index (χ1n) is 6.59. The minimum atomic E-state index is -0.247. The van der Waals surface area contributed by atoms with Crippen LogP contribution in [0.2, 0.25) is 0 Å². The van der Waals surface area contributed by atoms with Crippen LogP contribution in [0.25, 0.3) is 0 Å². The fourth-order valence-corrected chi connectivity index (χ4v) is 2.79. The van der Waals surface area contributed by atoms with Crippen LogP contribution in [-0.4, -0.2) is 13.2 Å². The number of benzene rings is 1. The quantitative estimate of drug-likeness (QED) is 0.884. The molecule has 1 aromatic carbocycles. The first-order valence-corrected chi connectivity index (χ1v) is 6.59. The van der Waals surface area contributed by atoms with Crippen LogP contribution in [0, 0.1) is 11.2 Å². The van der Waals surface area contributed by atoms with Crippen LogP contribution in [0.1, 0.15) is 38.7 Å². The summed E-state index contributed by atoms with van der Waals surface area (Å²) < 4.78 is 19.0. The lowest BCUT2D eigenvalue weighted by Gasteiger charge is -2.28. The van der Waals surface area contributed by atoms with Crippen LogP contribution in [0.4, 0.5) is 4.39 Å². The van der Waals surface area contributed by atoms with Crippen molar-refractivity contribution < 1.29 is 9.13 Å². The van der Waals surface area contributed by atoms with E-state index in [9.17, 15) is 4.39 Å². The van der Waals surface area contributed by atoms with Crippen molar-refractivity contribution in [2.75, 3.05) is 7.11 Å². The van der Waals surface area contributed by atoms with E-state index < -0.39 is 0 Å². The fourth-order valence-electron chi connectivity index (χ4n) is 2.79. The lowest BCUT2D eigenvalue weighted by atomic mass is 9.87. The van der Waals surface area contributed by atoms with E-state index in [1.54, 1.807) is 6.07 Å². The lowest BCUT2D eigenvalue weighted by Crippen LogP contribution is -2.37. The molecule has 1 saturated carbocycles. The monoisotopic (exact) mass is 251 g/mol. The van der Waals surface area contributed by atoms with E-state index in [1.807, 2.05) is 12.1 Å². The van der Waals surface area contributed by atoms with Crippen LogP contribution in [0.15, 0.2) is 18.2 Å². The smallest absolute Gasteiger partial charge is 0.169 e. The standard InChI is InChI=1S/C15H22FNO/c1-15(2)9-5-8-13(15)17-10-11-6-4-7-12(18-3)14(11)16/h4,6-7,13,17H,5,8-10H2,1-3H3. The van der Waals surface area contributed by atoms with Gasteiger partial charge in [0, 0.05) is 18.2 Å². The highest BCUT2D eigenvalue weighted by molar-refractivity contribution is 5.31. The van der Waals surface area contributed by atoms with Gasteiger partial charge in [-0.2, -0.15) is 0 Å². The Hall–Kier alpha value is -1.09. The first kappa shape index (κ1) is 13.3. The molecule has 0 bridgehead atoms. The molecular formula is C15H22FNO. The van der Waals surface area contributed by atoms with Gasteiger partial charge in [0.2, 0.25) is 0 Å². The van der Waals surface area contributed by atoms with Crippen LogP contribution < -0.4 is 10.1 Å². The summed E-state index contributed by atoms with van der Waals surface area (Å²) in [5.74, 6) is 0.0725. The number of nitrogens with one attached hydrogen (secondary N) is 1. The molecule has 1 atom stereocenters. The average Bonchev–Trinajstić information content (AvgIpc) is 2.67. The topological polar surface area (TPSA) is 21.3 Å². The number of ether oxygens (including phenoxy) is 1. The van der Waals surface area contributed by atoms with E-state index in [-0.39, 0.29) is 5.82 Å². The second-order valence-corrected chi connectivity index (χ2v) is 5.75. The highest BCUT2D eigenvalue weighted by atomic mass is 19.1. The molecule has 1 N–H and O–H groups in total. The number of halogens is 1. The summed E-state index contributed by atoms with van der Waals surface area (Å²) in [6, 6.07) is 5.77. The van der Waals surface area contributed by atoms with Crippen molar-refractivity contribution >= 4 is 0 Å². The molecule has 0 amide bonds. The highest BCUT2D eigenvalue weighted by Crippen LogP contribution is 2.37. The van der Waals surface area contributed by atoms with Gasteiger partial charge >= 0.3 is 0 Å². The third-order valence-corrected chi connectivity index (χ3v) is 4.06. The van der Waals surface area contributed by atoms with Crippen molar-refractivity contribution in [3.05, 3.63) is 29.6 Å². The van der Waals surface area contributed by atoms with Gasteiger partial charge < -0.3 is 10.1 Å². The second-order valence-electron chi connectivity index (χ2n) is 5.75. The van der Waals surface area contributed by atoms with Crippen molar-refractivity contribution in [1.29, 1.82) is 0 Å². The molecule has 1 fully saturated rings. The highest BCUT2D eigenvalue weighted by Gasteiger charge is 2.33. The first-order chi connectivity index (χ1) is 8.54. The molecule has 1 aliphatic rings. The van der Waals surface area contributed by atoms with Gasteiger partial charge in [0.15, 0.2) is 11.6 Å². The van der Waals surface area contributed by atoms with Gasteiger partial charge in [0.05, 0.1) is 7.11 Å². The Bertz CT molecular complexity index is 417. The minimum absolute atomic E-state index is 0.247. The maximum absolute atomic E-state index is 14.0. The Kier molecular flexibility index (Phi) is 3.91. The van der Waals surface area contributed by atoms with Gasteiger partial charge in [0.25, 0.3) is 0 Å². The van der Waals surface area contributed by atoms with Gasteiger partial charge in [0.1, 0.15) is 0 Å². The maximum Gasteiger partial charge on any atom is 0.169 e. The summed E-state index contributed by atoms with van der Waals surface area (Å²) in [6.07, 6.45) is 3.68. The van der Waals surface area contributed by atoms with E-state index in [0.717, 1.165) is 0 Å². The summed E-state index contributed by atoms with van der Waals surface area (Å²) in [4.78, 5) is 0. The normalized spacial score (nSPS) is 22.1. The molecule has 1 aliphatic carbocycles. The Morgan fingerprint density at radius 3 is 2.83 bits per heavy atom. The summed E-state index contributed by atoms with van der Waals surface area (Å²) in [5.41, 5.74) is 0.993. The third-order valence-electron chi connectivity index (χ3n) is 4.06. The fraction of sp³-hybridized carbons (Fsp3) is 0.600. The van der Waals surface area contributed by atoms with E-state index in [2.05, 4.69) is 19.2 Å². The SMILES string of the molecule is COc1cccc(CNC2CCCC2(C)C)c1F. The summed E-state index contributed by atoms with van der Waals surface area (Å²) >= 11 is 0. The minimum Gasteiger partial charge on any atom is -0.494 e. The van der Waals surface area contributed by atoms with Crippen molar-refractivity contribution in [2.24, 2.45) is 5.41 Å². The molecule has 18 heavy (non-hydrogen) atoms. The molecule has 0 aromatic heterocycles. The molecule has 0 radical (unpaired) electrons. The maximum atomic E-state index is 14.0. The van der Waals surface area contributed by atoms with Crippen molar-refractivity contribution in [3.63, 3.8) is 0 Å². The molecule has 3 heteroatoms. The Labute approximate surface area is 109 Å². The van der Waals surface area contributed by atoms with Crippen molar-refractivity contribution in [2.45, 2.75) is 45.7 Å². The molecule has 0 spiro atoms. The van der Waals surface area contributed by atoms with Gasteiger partial charge in [-0.05, 0) is 24.3 Å². The van der Waals surface area contributed by atoms with Crippen LogP contribution in [-0.2, 0) is 6.54 Å². The van der Waals surface area contributed by atoms with E-state index in [1.165, 1.54) is 26.4 Å². The van der Waals surface area contributed by atoms with Gasteiger partial charge in [-0.15, -0.1) is 0 Å². The molecule has 2 rings (SSSR count). The predicted octanol–water partition coefficient (Wildman–Crippen LogP) is 3.50. The number of methoxy groups -OCH3 is 1. The zero-order valence-electron chi connectivity index (χ0n) is 11.4. The summed E-state index contributed by atoms with van der Waals surface area (Å²) in [6.45, 7) is 5.12. The lowest BCUT2D eigenvalue weighted by molar-refractivity contribution is 0.281. The van der Waals surface area contributed by atoms with E-state index in [0.29, 0.717) is 29.3 Å². The largest absolute Gasteiger partial charge is 0.494 e. The summed E-state index contributed by atoms with van der Waals surface area (Å²) in [7, 11) is 1.50. The predicted molar refractivity (Wildman–Crippen MR) is 71.2 cm³/mol. The van der Waals surface area contributed by atoms with Gasteiger partial charge in [-0.3, -0.25) is 0 Å². The molecule has 1 aromatic rings. The molecule has 0 heterocycles. The molecule has 0 saturated heterocycles. The zero-order valence-corrected chi connectivity index (χ0v) is 11.4. The molecule has 100 valence electrons. The number of rotatable bonds is 4. The Morgan fingerprint density at radius 1 is 1.44 bits per heavy atom. The summed E-state index contributed by atoms with van der Waals surface area (Å²) in [5, 5.41) is 3.48. The average molecular weight is 251 g/mol. The van der Waals surface area contributed by atoms with Crippen LogP contribution >= 0.6 is 0 Å². The van der Waals surface area contributed by atoms with Crippen molar-refractivity contribution in [3.8, 4) is 5.75 Å². The molecular weight excluding hydrogens is 229 g/mol. The Balaban J connectivity index is 2.02. The number of hydrogen-bond donors (Lipinski definition) is 1. The van der Waals surface area contributed by atoms with E-state index in [4.69, 9.17) is 4.74 Å². The van der Waals surface area contributed by atoms with Crippen LogP contribution in [0.3, 0.4) is 0 Å². The second kappa shape index (κ2) is 5.27. The van der Waals surface area contributed by atoms with E-state index >= 15 is 0 Å². The van der Waals surface area contributed by atoms with Gasteiger partial charge in [-0.1, -0.05) is 32.4 Å². The molecule has 2 nitrogen and oxygen atoms in total. The third kappa shape index (κ3) is 2.66. The molecule has 0 aliphatic heterocycles. The van der Waals surface area contributed by atoms with Crippen LogP contribution in [0.5, 0.6) is 5.75 Å². The van der Waals surface area contributed by atoms with Gasteiger partial charge in [-0.25, -0.2) is 4.39 Å². The number of hydrogen-bond acceptors (Lipinski definition) is 2. The molecule has 1 unspecified atom stereocenters. The Morgan fingerprint density at radius 2 is 2.22 bits per heavy atom.